The summed E-state index contributed by atoms with van der Waals surface area (Å²) in [6, 6.07) is 6.35. The molecule has 0 radical (unpaired) electrons. The van der Waals surface area contributed by atoms with Crippen LogP contribution in [0.15, 0.2) is 24.3 Å². The number of anilines is 2. The Labute approximate surface area is 125 Å². The lowest BCUT2D eigenvalue weighted by atomic mass is 10.1. The fourth-order valence-corrected chi connectivity index (χ4v) is 3.86. The van der Waals surface area contributed by atoms with Crippen molar-refractivity contribution < 1.29 is 14.3 Å². The summed E-state index contributed by atoms with van der Waals surface area (Å²) in [5, 5.41) is 9.96. The average Bonchev–Trinajstić information content (AvgIpc) is 2.99. The fourth-order valence-electron chi connectivity index (χ4n) is 2.64. The minimum atomic E-state index is -0.820. The zero-order valence-electron chi connectivity index (χ0n) is 11.5. The van der Waals surface area contributed by atoms with Gasteiger partial charge in [0, 0.05) is 17.1 Å². The summed E-state index contributed by atoms with van der Waals surface area (Å²) in [4.78, 5) is 18.7. The van der Waals surface area contributed by atoms with E-state index in [1.165, 1.54) is 23.5 Å². The lowest BCUT2D eigenvalue weighted by Gasteiger charge is -2.20. The molecule has 1 aliphatic carbocycles. The molecule has 0 amide bonds. The largest absolute Gasteiger partial charge is 0.481 e. The number of aliphatic carboxylic acids is 1. The molecule has 1 aliphatic rings. The predicted molar refractivity (Wildman–Crippen MR) is 79.9 cm³/mol. The summed E-state index contributed by atoms with van der Waals surface area (Å²) in [6.45, 7) is 2.61. The second-order valence-corrected chi connectivity index (χ2v) is 6.02. The summed E-state index contributed by atoms with van der Waals surface area (Å²) in [7, 11) is 0. The number of benzene rings is 1. The van der Waals surface area contributed by atoms with Gasteiger partial charge in [0.15, 0.2) is 5.13 Å². The second kappa shape index (κ2) is 5.44. The highest BCUT2D eigenvalue weighted by molar-refractivity contribution is 7.15. The molecule has 3 rings (SSSR count). The molecular formula is C15H15FN2O2S. The quantitative estimate of drug-likeness (QED) is 0.938. The zero-order valence-corrected chi connectivity index (χ0v) is 12.4. The van der Waals surface area contributed by atoms with Crippen LogP contribution in [0.4, 0.5) is 15.2 Å². The van der Waals surface area contributed by atoms with E-state index in [4.69, 9.17) is 0 Å². The number of carboxylic acids is 1. The molecule has 0 bridgehead atoms. The van der Waals surface area contributed by atoms with Crippen molar-refractivity contribution in [1.82, 2.24) is 4.98 Å². The van der Waals surface area contributed by atoms with E-state index in [9.17, 15) is 14.3 Å². The van der Waals surface area contributed by atoms with Gasteiger partial charge in [0.2, 0.25) is 0 Å². The van der Waals surface area contributed by atoms with Crippen LogP contribution < -0.4 is 4.90 Å². The third-order valence-electron chi connectivity index (χ3n) is 3.67. The summed E-state index contributed by atoms with van der Waals surface area (Å²) in [5.41, 5.74) is 1.41. The first kappa shape index (κ1) is 14.0. The lowest BCUT2D eigenvalue weighted by Crippen LogP contribution is -2.16. The number of carbonyl (C=O) groups is 1. The topological polar surface area (TPSA) is 53.4 Å². The van der Waals surface area contributed by atoms with Crippen molar-refractivity contribution in [2.75, 3.05) is 11.4 Å². The number of halogens is 1. The summed E-state index contributed by atoms with van der Waals surface area (Å²) >= 11 is 1.51. The minimum absolute atomic E-state index is 0.293. The fraction of sp³-hybridized carbons (Fsp3) is 0.333. The van der Waals surface area contributed by atoms with Gasteiger partial charge in [-0.3, -0.25) is 4.79 Å². The SMILES string of the molecule is CCN(c1cccc(F)c1)c1nc2c(s1)CCC2C(=O)O. The first-order valence-corrected chi connectivity index (χ1v) is 7.67. The predicted octanol–water partition coefficient (Wildman–Crippen LogP) is 3.55. The first-order chi connectivity index (χ1) is 10.1. The molecule has 0 saturated heterocycles. The van der Waals surface area contributed by atoms with Gasteiger partial charge in [-0.1, -0.05) is 6.07 Å². The van der Waals surface area contributed by atoms with Gasteiger partial charge in [-0.25, -0.2) is 9.37 Å². The number of aromatic nitrogens is 1. The van der Waals surface area contributed by atoms with Gasteiger partial charge < -0.3 is 10.0 Å². The van der Waals surface area contributed by atoms with Crippen LogP contribution in [0.1, 0.15) is 29.8 Å². The standard InChI is InChI=1S/C15H15FN2O2S/c1-2-18(10-5-3-4-9(16)8-10)15-17-13-11(14(19)20)6-7-12(13)21-15/h3-5,8,11H,2,6-7H2,1H3,(H,19,20). The Balaban J connectivity index is 1.96. The molecule has 0 saturated carbocycles. The van der Waals surface area contributed by atoms with Gasteiger partial charge in [-0.2, -0.15) is 0 Å². The van der Waals surface area contributed by atoms with E-state index in [2.05, 4.69) is 4.98 Å². The van der Waals surface area contributed by atoms with E-state index in [0.29, 0.717) is 18.7 Å². The molecule has 4 nitrogen and oxygen atoms in total. The highest BCUT2D eigenvalue weighted by Crippen LogP contribution is 2.41. The Morgan fingerprint density at radius 1 is 1.57 bits per heavy atom. The number of hydrogen-bond acceptors (Lipinski definition) is 4. The van der Waals surface area contributed by atoms with Crippen LogP contribution in [-0.2, 0) is 11.2 Å². The van der Waals surface area contributed by atoms with Crippen molar-refractivity contribution in [2.24, 2.45) is 0 Å². The number of hydrogen-bond donors (Lipinski definition) is 1. The minimum Gasteiger partial charge on any atom is -0.481 e. The van der Waals surface area contributed by atoms with E-state index >= 15 is 0 Å². The molecule has 0 fully saturated rings. The Hall–Kier alpha value is -1.95. The molecule has 1 aromatic heterocycles. The maximum absolute atomic E-state index is 13.4. The maximum atomic E-state index is 13.4. The first-order valence-electron chi connectivity index (χ1n) is 6.85. The van der Waals surface area contributed by atoms with Crippen molar-refractivity contribution in [3.63, 3.8) is 0 Å². The third-order valence-corrected chi connectivity index (χ3v) is 4.83. The molecule has 6 heteroatoms. The van der Waals surface area contributed by atoms with Crippen LogP contribution in [0, 0.1) is 5.82 Å². The van der Waals surface area contributed by atoms with Crippen LogP contribution in [0.3, 0.4) is 0 Å². The van der Waals surface area contributed by atoms with Crippen LogP contribution in [-0.4, -0.2) is 22.6 Å². The number of aryl methyl sites for hydroxylation is 1. The number of fused-ring (bicyclic) bond motifs is 1. The van der Waals surface area contributed by atoms with Gasteiger partial charge in [-0.05, 0) is 38.0 Å². The van der Waals surface area contributed by atoms with Gasteiger partial charge in [-0.15, -0.1) is 11.3 Å². The summed E-state index contributed by atoms with van der Waals surface area (Å²) < 4.78 is 13.4. The van der Waals surface area contributed by atoms with Crippen LogP contribution in [0.25, 0.3) is 0 Å². The summed E-state index contributed by atoms with van der Waals surface area (Å²) in [5.74, 6) is -1.62. The van der Waals surface area contributed by atoms with Crippen LogP contribution in [0.2, 0.25) is 0 Å². The molecule has 110 valence electrons. The lowest BCUT2D eigenvalue weighted by molar-refractivity contribution is -0.138. The van der Waals surface area contributed by atoms with E-state index in [1.54, 1.807) is 6.07 Å². The van der Waals surface area contributed by atoms with Crippen molar-refractivity contribution in [3.05, 3.63) is 40.7 Å². The van der Waals surface area contributed by atoms with E-state index < -0.39 is 11.9 Å². The molecule has 0 aliphatic heterocycles. The van der Waals surface area contributed by atoms with Crippen molar-refractivity contribution in [2.45, 2.75) is 25.7 Å². The van der Waals surface area contributed by atoms with Gasteiger partial charge in [0.1, 0.15) is 11.7 Å². The number of carboxylic acid groups (broad SMARTS) is 1. The van der Waals surface area contributed by atoms with Crippen molar-refractivity contribution in [1.29, 1.82) is 0 Å². The monoisotopic (exact) mass is 306 g/mol. The third kappa shape index (κ3) is 2.51. The maximum Gasteiger partial charge on any atom is 0.312 e. The highest BCUT2D eigenvalue weighted by atomic mass is 32.1. The molecule has 21 heavy (non-hydrogen) atoms. The molecule has 1 heterocycles. The molecule has 1 unspecified atom stereocenters. The van der Waals surface area contributed by atoms with E-state index in [1.807, 2.05) is 17.9 Å². The Bertz CT molecular complexity index is 686. The normalized spacial score (nSPS) is 16.8. The molecule has 1 aromatic carbocycles. The van der Waals surface area contributed by atoms with Crippen LogP contribution in [0.5, 0.6) is 0 Å². The van der Waals surface area contributed by atoms with Crippen molar-refractivity contribution in [3.8, 4) is 0 Å². The molecule has 1 N–H and O–H groups in total. The van der Waals surface area contributed by atoms with Gasteiger partial charge in [0.05, 0.1) is 5.69 Å². The Morgan fingerprint density at radius 2 is 2.38 bits per heavy atom. The highest BCUT2D eigenvalue weighted by Gasteiger charge is 2.33. The molecule has 1 atom stereocenters. The average molecular weight is 306 g/mol. The summed E-state index contributed by atoms with van der Waals surface area (Å²) in [6.07, 6.45) is 1.38. The van der Waals surface area contributed by atoms with E-state index in [0.717, 1.165) is 22.1 Å². The second-order valence-electron chi connectivity index (χ2n) is 4.96. The zero-order chi connectivity index (χ0) is 15.0. The van der Waals surface area contributed by atoms with Gasteiger partial charge in [0.25, 0.3) is 0 Å². The Kier molecular flexibility index (Phi) is 3.63. The smallest absolute Gasteiger partial charge is 0.312 e. The number of rotatable bonds is 4. The number of thiazole rings is 1. The van der Waals surface area contributed by atoms with Crippen LogP contribution >= 0.6 is 11.3 Å². The number of nitrogens with zero attached hydrogens (tertiary/aromatic N) is 2. The molecule has 2 aromatic rings. The van der Waals surface area contributed by atoms with E-state index in [-0.39, 0.29) is 5.82 Å². The molecular weight excluding hydrogens is 291 g/mol. The van der Waals surface area contributed by atoms with Crippen molar-refractivity contribution >= 4 is 28.1 Å². The van der Waals surface area contributed by atoms with Gasteiger partial charge >= 0.3 is 5.97 Å². The molecule has 0 spiro atoms. The Morgan fingerprint density at radius 3 is 3.05 bits per heavy atom.